The van der Waals surface area contributed by atoms with Crippen molar-refractivity contribution in [3.05, 3.63) is 48.3 Å². The number of nitrogens with zero attached hydrogens (tertiary/aromatic N) is 5. The molecule has 3 rings (SSSR count). The highest BCUT2D eigenvalue weighted by molar-refractivity contribution is 14.0. The number of unbranched alkanes of at least 4 members (excludes halogenated alkanes) is 1. The lowest BCUT2D eigenvalue weighted by atomic mass is 10.0. The van der Waals surface area contributed by atoms with Crippen molar-refractivity contribution >= 4 is 29.9 Å². The fourth-order valence-corrected chi connectivity index (χ4v) is 3.53. The van der Waals surface area contributed by atoms with Crippen LogP contribution in [0.5, 0.6) is 0 Å². The van der Waals surface area contributed by atoms with E-state index in [9.17, 15) is 4.39 Å². The van der Waals surface area contributed by atoms with Gasteiger partial charge in [-0.25, -0.2) is 4.39 Å². The molecule has 0 unspecified atom stereocenters. The van der Waals surface area contributed by atoms with Gasteiger partial charge in [-0.05, 0) is 50.3 Å². The van der Waals surface area contributed by atoms with E-state index < -0.39 is 0 Å². The molecule has 9 heteroatoms. The van der Waals surface area contributed by atoms with Gasteiger partial charge in [0.1, 0.15) is 18.5 Å². The minimum atomic E-state index is -0.175. The van der Waals surface area contributed by atoms with Gasteiger partial charge in [-0.2, -0.15) is 0 Å². The number of aryl methyl sites for hydroxylation is 1. The Labute approximate surface area is 195 Å². The van der Waals surface area contributed by atoms with Crippen molar-refractivity contribution in [2.75, 3.05) is 26.2 Å². The lowest BCUT2D eigenvalue weighted by Crippen LogP contribution is -2.48. The van der Waals surface area contributed by atoms with Gasteiger partial charge < -0.3 is 15.2 Å². The SMILES string of the molecule is CCNC(=NCCCCn1cnnc1)NC1CCN(Cc2ccc(F)cc2)CC1.I. The van der Waals surface area contributed by atoms with E-state index in [0.717, 1.165) is 70.9 Å². The third-order valence-electron chi connectivity index (χ3n) is 5.15. The number of hydrogen-bond donors (Lipinski definition) is 2. The fraction of sp³-hybridized carbons (Fsp3) is 0.571. The van der Waals surface area contributed by atoms with Crippen LogP contribution < -0.4 is 10.6 Å². The molecule has 1 aromatic carbocycles. The van der Waals surface area contributed by atoms with E-state index in [0.29, 0.717) is 6.04 Å². The maximum Gasteiger partial charge on any atom is 0.191 e. The summed E-state index contributed by atoms with van der Waals surface area (Å²) in [6.07, 6.45) is 7.75. The van der Waals surface area contributed by atoms with E-state index in [1.54, 1.807) is 12.7 Å². The summed E-state index contributed by atoms with van der Waals surface area (Å²) < 4.78 is 15.0. The molecule has 7 nitrogen and oxygen atoms in total. The van der Waals surface area contributed by atoms with Crippen molar-refractivity contribution in [1.29, 1.82) is 0 Å². The number of halogens is 2. The number of nitrogens with one attached hydrogen (secondary N) is 2. The molecule has 0 atom stereocenters. The molecule has 1 fully saturated rings. The van der Waals surface area contributed by atoms with Gasteiger partial charge in [-0.1, -0.05) is 12.1 Å². The highest BCUT2D eigenvalue weighted by Crippen LogP contribution is 2.14. The zero-order valence-corrected chi connectivity index (χ0v) is 20.0. The zero-order valence-electron chi connectivity index (χ0n) is 17.6. The van der Waals surface area contributed by atoms with E-state index in [-0.39, 0.29) is 29.8 Å². The number of guanidine groups is 1. The summed E-state index contributed by atoms with van der Waals surface area (Å²) in [4.78, 5) is 7.16. The summed E-state index contributed by atoms with van der Waals surface area (Å²) in [7, 11) is 0. The monoisotopic (exact) mass is 529 g/mol. The number of benzene rings is 1. The Bertz CT molecular complexity index is 728. The molecule has 1 aliphatic rings. The van der Waals surface area contributed by atoms with Crippen molar-refractivity contribution in [2.45, 2.75) is 51.7 Å². The van der Waals surface area contributed by atoms with Gasteiger partial charge >= 0.3 is 0 Å². The van der Waals surface area contributed by atoms with E-state index >= 15 is 0 Å². The molecule has 0 saturated carbocycles. The standard InChI is InChI=1S/C21H32FN7.HI/c1-2-23-21(24-11-3-4-12-29-16-25-26-17-29)27-20-9-13-28(14-10-20)15-18-5-7-19(22)8-6-18;/h5-8,16-17,20H,2-4,9-15H2,1H3,(H2,23,24,27);1H. The topological polar surface area (TPSA) is 70.4 Å². The van der Waals surface area contributed by atoms with Gasteiger partial charge in [0.25, 0.3) is 0 Å². The molecule has 1 aromatic heterocycles. The Kier molecular flexibility index (Phi) is 11.1. The van der Waals surface area contributed by atoms with Gasteiger partial charge in [0.2, 0.25) is 0 Å². The van der Waals surface area contributed by atoms with Crippen LogP contribution in [0.4, 0.5) is 4.39 Å². The summed E-state index contributed by atoms with van der Waals surface area (Å²) in [5.41, 5.74) is 1.17. The first-order valence-electron chi connectivity index (χ1n) is 10.6. The molecule has 0 bridgehead atoms. The van der Waals surface area contributed by atoms with Crippen LogP contribution in [0.1, 0.15) is 38.2 Å². The largest absolute Gasteiger partial charge is 0.357 e. The second-order valence-electron chi connectivity index (χ2n) is 7.49. The van der Waals surface area contributed by atoms with Gasteiger partial charge in [-0.15, -0.1) is 34.2 Å². The highest BCUT2D eigenvalue weighted by Gasteiger charge is 2.20. The highest BCUT2D eigenvalue weighted by atomic mass is 127. The summed E-state index contributed by atoms with van der Waals surface area (Å²) in [6.45, 7) is 7.64. The lowest BCUT2D eigenvalue weighted by Gasteiger charge is -2.33. The van der Waals surface area contributed by atoms with Crippen molar-refractivity contribution in [3.63, 3.8) is 0 Å². The number of likely N-dealkylation sites (tertiary alicyclic amines) is 1. The van der Waals surface area contributed by atoms with Crippen molar-refractivity contribution in [2.24, 2.45) is 4.99 Å². The Balaban J connectivity index is 0.00000320. The number of aliphatic imine (C=N–C) groups is 1. The molecule has 1 aliphatic heterocycles. The molecular weight excluding hydrogens is 496 g/mol. The summed E-state index contributed by atoms with van der Waals surface area (Å²) in [6, 6.07) is 7.26. The van der Waals surface area contributed by atoms with E-state index in [1.165, 1.54) is 17.7 Å². The normalized spacial score (nSPS) is 15.6. The average Bonchev–Trinajstić information content (AvgIpc) is 3.24. The van der Waals surface area contributed by atoms with E-state index in [4.69, 9.17) is 4.99 Å². The van der Waals surface area contributed by atoms with Crippen LogP contribution in [-0.4, -0.2) is 57.8 Å². The predicted molar refractivity (Wildman–Crippen MR) is 128 cm³/mol. The molecule has 2 aromatic rings. The first kappa shape index (κ1) is 24.5. The summed E-state index contributed by atoms with van der Waals surface area (Å²) in [5, 5.41) is 14.6. The van der Waals surface area contributed by atoms with Gasteiger partial charge in [0.15, 0.2) is 5.96 Å². The maximum atomic E-state index is 13.1. The first-order valence-corrected chi connectivity index (χ1v) is 10.6. The molecule has 0 spiro atoms. The van der Waals surface area contributed by atoms with Crippen molar-refractivity contribution in [3.8, 4) is 0 Å². The third kappa shape index (κ3) is 8.55. The molecule has 0 aliphatic carbocycles. The van der Waals surface area contributed by atoms with Crippen molar-refractivity contribution in [1.82, 2.24) is 30.3 Å². The van der Waals surface area contributed by atoms with Gasteiger partial charge in [0, 0.05) is 45.3 Å². The van der Waals surface area contributed by atoms with Crippen LogP contribution in [0.2, 0.25) is 0 Å². The Morgan fingerprint density at radius 1 is 1.13 bits per heavy atom. The smallest absolute Gasteiger partial charge is 0.191 e. The molecule has 0 radical (unpaired) electrons. The molecule has 166 valence electrons. The predicted octanol–water partition coefficient (Wildman–Crippen LogP) is 3.04. The number of aromatic nitrogens is 3. The van der Waals surface area contributed by atoms with Crippen LogP contribution in [0.15, 0.2) is 41.9 Å². The van der Waals surface area contributed by atoms with E-state index in [1.807, 2.05) is 16.7 Å². The van der Waals surface area contributed by atoms with Crippen LogP contribution in [0, 0.1) is 5.82 Å². The zero-order chi connectivity index (χ0) is 20.3. The summed E-state index contributed by atoms with van der Waals surface area (Å²) >= 11 is 0. The van der Waals surface area contributed by atoms with Crippen LogP contribution in [0.25, 0.3) is 0 Å². The molecular formula is C21H33FIN7. The minimum Gasteiger partial charge on any atom is -0.357 e. The number of piperidine rings is 1. The first-order chi connectivity index (χ1) is 14.2. The molecule has 0 amide bonds. The second kappa shape index (κ2) is 13.5. The van der Waals surface area contributed by atoms with Gasteiger partial charge in [-0.3, -0.25) is 9.89 Å². The molecule has 2 N–H and O–H groups in total. The average molecular weight is 529 g/mol. The molecule has 2 heterocycles. The van der Waals surface area contributed by atoms with Crippen LogP contribution in [0.3, 0.4) is 0 Å². The Morgan fingerprint density at radius 2 is 1.83 bits per heavy atom. The third-order valence-corrected chi connectivity index (χ3v) is 5.15. The van der Waals surface area contributed by atoms with Crippen molar-refractivity contribution < 1.29 is 4.39 Å². The molecule has 1 saturated heterocycles. The van der Waals surface area contributed by atoms with Gasteiger partial charge in [0.05, 0.1) is 0 Å². The number of rotatable bonds is 9. The van der Waals surface area contributed by atoms with E-state index in [2.05, 4.69) is 32.7 Å². The lowest BCUT2D eigenvalue weighted by molar-refractivity contribution is 0.198. The van der Waals surface area contributed by atoms with Crippen LogP contribution >= 0.6 is 24.0 Å². The second-order valence-corrected chi connectivity index (χ2v) is 7.49. The summed E-state index contributed by atoms with van der Waals surface area (Å²) in [5.74, 6) is 0.736. The fourth-order valence-electron chi connectivity index (χ4n) is 3.53. The Morgan fingerprint density at radius 3 is 2.50 bits per heavy atom. The Hall–Kier alpha value is -1.75. The molecule has 30 heavy (non-hydrogen) atoms. The quantitative estimate of drug-likeness (QED) is 0.226. The van der Waals surface area contributed by atoms with Crippen LogP contribution in [-0.2, 0) is 13.1 Å². The number of hydrogen-bond acceptors (Lipinski definition) is 4. The minimum absolute atomic E-state index is 0. The maximum absolute atomic E-state index is 13.1.